The third kappa shape index (κ3) is 2.03. The molecule has 17 heavy (non-hydrogen) atoms. The Hall–Kier alpha value is -1.82. The summed E-state index contributed by atoms with van der Waals surface area (Å²) in [5, 5.41) is 2.62. The number of aryl methyl sites for hydroxylation is 2. The van der Waals surface area contributed by atoms with Crippen molar-refractivity contribution in [2.45, 2.75) is 20.8 Å². The maximum absolute atomic E-state index is 3.93. The van der Waals surface area contributed by atoms with Crippen LogP contribution in [0.1, 0.15) is 29.2 Å². The minimum absolute atomic E-state index is 1.24. The van der Waals surface area contributed by atoms with Gasteiger partial charge in [-0.05, 0) is 54.3 Å². The largest absolute Gasteiger partial charge is 0.0984 e. The van der Waals surface area contributed by atoms with Gasteiger partial charge in [-0.3, -0.25) is 0 Å². The highest BCUT2D eigenvalue weighted by Crippen LogP contribution is 2.28. The van der Waals surface area contributed by atoms with E-state index in [1.165, 1.54) is 33.0 Å². The number of hydrogen-bond donors (Lipinski definition) is 0. The molecule has 2 aromatic rings. The van der Waals surface area contributed by atoms with Crippen molar-refractivity contribution in [3.05, 3.63) is 59.2 Å². The number of allylic oxidation sites excluding steroid dienone is 1. The van der Waals surface area contributed by atoms with Crippen molar-refractivity contribution in [1.29, 1.82) is 0 Å². The lowest BCUT2D eigenvalue weighted by Gasteiger charge is -2.11. The van der Waals surface area contributed by atoms with Crippen molar-refractivity contribution in [2.75, 3.05) is 0 Å². The van der Waals surface area contributed by atoms with E-state index in [9.17, 15) is 0 Å². The smallest absolute Gasteiger partial charge is 0.0146 e. The zero-order chi connectivity index (χ0) is 12.4. The third-order valence-corrected chi connectivity index (χ3v) is 3.19. The van der Waals surface area contributed by atoms with E-state index in [0.717, 1.165) is 0 Å². The van der Waals surface area contributed by atoms with Crippen molar-refractivity contribution >= 4 is 22.9 Å². The van der Waals surface area contributed by atoms with Gasteiger partial charge in [0.25, 0.3) is 0 Å². The fourth-order valence-corrected chi connectivity index (χ4v) is 2.32. The van der Waals surface area contributed by atoms with Crippen LogP contribution in [0, 0.1) is 13.8 Å². The molecule has 0 saturated heterocycles. The molecular weight excluding hydrogens is 204 g/mol. The molecule has 0 amide bonds. The molecule has 0 spiro atoms. The molecular formula is C17H18. The van der Waals surface area contributed by atoms with E-state index in [1.54, 1.807) is 0 Å². The van der Waals surface area contributed by atoms with Gasteiger partial charge in [-0.25, -0.2) is 0 Å². The Labute approximate surface area is 103 Å². The molecule has 0 heterocycles. The lowest BCUT2D eigenvalue weighted by Crippen LogP contribution is -1.89. The van der Waals surface area contributed by atoms with Gasteiger partial charge in [0, 0.05) is 0 Å². The Kier molecular flexibility index (Phi) is 3.14. The number of hydrogen-bond acceptors (Lipinski definition) is 0. The van der Waals surface area contributed by atoms with Gasteiger partial charge >= 0.3 is 0 Å². The second-order valence-electron chi connectivity index (χ2n) is 4.43. The molecule has 2 aromatic carbocycles. The minimum atomic E-state index is 1.24. The van der Waals surface area contributed by atoms with Gasteiger partial charge < -0.3 is 0 Å². The predicted octanol–water partition coefficient (Wildman–Crippen LogP) is 5.13. The minimum Gasteiger partial charge on any atom is -0.0984 e. The normalized spacial score (nSPS) is 11.2. The van der Waals surface area contributed by atoms with Crippen molar-refractivity contribution < 1.29 is 0 Å². The Bertz CT molecular complexity index is 601. The summed E-state index contributed by atoms with van der Waals surface area (Å²) in [5.74, 6) is 0. The molecule has 0 fully saturated rings. The zero-order valence-corrected chi connectivity index (χ0v) is 10.7. The van der Waals surface area contributed by atoms with Crippen molar-refractivity contribution in [2.24, 2.45) is 0 Å². The van der Waals surface area contributed by atoms with E-state index in [-0.39, 0.29) is 0 Å². The molecule has 0 heteroatoms. The molecule has 0 atom stereocenters. The SMILES string of the molecule is C=Cc1c(/C=C\C)cc2ccc(C)cc2c1C. The van der Waals surface area contributed by atoms with Crippen LogP contribution in [0.25, 0.3) is 22.9 Å². The molecule has 0 N–H and O–H groups in total. The average Bonchev–Trinajstić information content (AvgIpc) is 2.31. The van der Waals surface area contributed by atoms with Crippen molar-refractivity contribution in [1.82, 2.24) is 0 Å². The summed E-state index contributed by atoms with van der Waals surface area (Å²) < 4.78 is 0. The zero-order valence-electron chi connectivity index (χ0n) is 10.7. The van der Waals surface area contributed by atoms with Crippen LogP contribution in [0.5, 0.6) is 0 Å². The standard InChI is InChI=1S/C17H18/c1-5-7-14-11-15-9-8-12(3)10-17(15)13(4)16(14)6-2/h5-11H,2H2,1,3-4H3/b7-5-. The number of rotatable bonds is 2. The fourth-order valence-electron chi connectivity index (χ4n) is 2.32. The summed E-state index contributed by atoms with van der Waals surface area (Å²) >= 11 is 0. The third-order valence-electron chi connectivity index (χ3n) is 3.19. The molecule has 0 aliphatic rings. The van der Waals surface area contributed by atoms with Crippen LogP contribution in [-0.2, 0) is 0 Å². The highest BCUT2D eigenvalue weighted by Gasteiger charge is 2.06. The molecule has 0 radical (unpaired) electrons. The molecule has 86 valence electrons. The summed E-state index contributed by atoms with van der Waals surface area (Å²) in [4.78, 5) is 0. The van der Waals surface area contributed by atoms with Gasteiger partial charge in [0.05, 0.1) is 0 Å². The average molecular weight is 222 g/mol. The van der Waals surface area contributed by atoms with Crippen LogP contribution in [-0.4, -0.2) is 0 Å². The summed E-state index contributed by atoms with van der Waals surface area (Å²) in [6, 6.07) is 8.84. The van der Waals surface area contributed by atoms with E-state index >= 15 is 0 Å². The fraction of sp³-hybridized carbons (Fsp3) is 0.176. The summed E-state index contributed by atoms with van der Waals surface area (Å²) in [5.41, 5.74) is 5.10. The Morgan fingerprint density at radius 2 is 1.88 bits per heavy atom. The van der Waals surface area contributed by atoms with Crippen molar-refractivity contribution in [3.8, 4) is 0 Å². The van der Waals surface area contributed by atoms with E-state index in [2.05, 4.69) is 56.8 Å². The van der Waals surface area contributed by atoms with Gasteiger partial charge in [-0.1, -0.05) is 48.6 Å². The predicted molar refractivity (Wildman–Crippen MR) is 78.2 cm³/mol. The van der Waals surface area contributed by atoms with Crippen LogP contribution >= 0.6 is 0 Å². The monoisotopic (exact) mass is 222 g/mol. The first-order valence-electron chi connectivity index (χ1n) is 5.96. The van der Waals surface area contributed by atoms with Gasteiger partial charge in [0.2, 0.25) is 0 Å². The van der Waals surface area contributed by atoms with E-state index in [0.29, 0.717) is 0 Å². The lowest BCUT2D eigenvalue weighted by molar-refractivity contribution is 1.44. The molecule has 0 unspecified atom stereocenters. The molecule has 2 rings (SSSR count). The van der Waals surface area contributed by atoms with Crippen LogP contribution in [0.4, 0.5) is 0 Å². The molecule has 0 bridgehead atoms. The van der Waals surface area contributed by atoms with Crippen LogP contribution < -0.4 is 0 Å². The van der Waals surface area contributed by atoms with E-state index in [4.69, 9.17) is 0 Å². The van der Waals surface area contributed by atoms with Crippen LogP contribution in [0.15, 0.2) is 36.9 Å². The van der Waals surface area contributed by atoms with Crippen LogP contribution in [0.2, 0.25) is 0 Å². The van der Waals surface area contributed by atoms with E-state index < -0.39 is 0 Å². The molecule has 0 aromatic heterocycles. The van der Waals surface area contributed by atoms with Crippen molar-refractivity contribution in [3.63, 3.8) is 0 Å². The Morgan fingerprint density at radius 3 is 2.53 bits per heavy atom. The topological polar surface area (TPSA) is 0 Å². The first kappa shape index (κ1) is 11.7. The maximum atomic E-state index is 3.93. The first-order chi connectivity index (χ1) is 8.17. The summed E-state index contributed by atoms with van der Waals surface area (Å²) in [7, 11) is 0. The molecule has 0 saturated carbocycles. The van der Waals surface area contributed by atoms with Gasteiger partial charge in [-0.15, -0.1) is 0 Å². The van der Waals surface area contributed by atoms with Gasteiger partial charge in [-0.2, -0.15) is 0 Å². The highest BCUT2D eigenvalue weighted by molar-refractivity contribution is 5.92. The molecule has 0 nitrogen and oxygen atoms in total. The summed E-state index contributed by atoms with van der Waals surface area (Å²) in [6.07, 6.45) is 6.16. The Balaban J connectivity index is 2.87. The van der Waals surface area contributed by atoms with Gasteiger partial charge in [0.1, 0.15) is 0 Å². The maximum Gasteiger partial charge on any atom is -0.0146 e. The second-order valence-corrected chi connectivity index (χ2v) is 4.43. The van der Waals surface area contributed by atoms with Gasteiger partial charge in [0.15, 0.2) is 0 Å². The summed E-state index contributed by atoms with van der Waals surface area (Å²) in [6.45, 7) is 10.3. The molecule has 0 aliphatic heterocycles. The highest BCUT2D eigenvalue weighted by atomic mass is 14.1. The Morgan fingerprint density at radius 1 is 1.12 bits per heavy atom. The number of benzene rings is 2. The number of fused-ring (bicyclic) bond motifs is 1. The van der Waals surface area contributed by atoms with Crippen LogP contribution in [0.3, 0.4) is 0 Å². The second kappa shape index (κ2) is 4.58. The quantitative estimate of drug-likeness (QED) is 0.660. The first-order valence-corrected chi connectivity index (χ1v) is 5.96. The lowest BCUT2D eigenvalue weighted by atomic mass is 9.93. The molecule has 0 aliphatic carbocycles. The van der Waals surface area contributed by atoms with E-state index in [1.807, 2.05) is 13.0 Å².